The second-order valence-electron chi connectivity index (χ2n) is 4.00. The number of hydrogen-bond donors (Lipinski definition) is 1. The number of hydrogen-bond acceptors (Lipinski definition) is 4. The summed E-state index contributed by atoms with van der Waals surface area (Å²) in [4.78, 5) is 11.4. The van der Waals surface area contributed by atoms with Crippen molar-refractivity contribution in [1.82, 2.24) is 0 Å². The average Bonchev–Trinajstić information content (AvgIpc) is 2.29. The van der Waals surface area contributed by atoms with E-state index in [2.05, 4.69) is 5.32 Å². The van der Waals surface area contributed by atoms with Gasteiger partial charge in [0, 0.05) is 5.69 Å². The summed E-state index contributed by atoms with van der Waals surface area (Å²) in [5.41, 5.74) is 0.470. The molecule has 0 fully saturated rings. The van der Waals surface area contributed by atoms with Crippen LogP contribution in [0.5, 0.6) is 0 Å². The summed E-state index contributed by atoms with van der Waals surface area (Å²) in [6.45, 7) is 3.22. The molecule has 0 saturated heterocycles. The minimum Gasteiger partial charge on any atom is -0.325 e. The molecule has 0 unspecified atom stereocenters. The lowest BCUT2D eigenvalue weighted by molar-refractivity contribution is -0.115. The third-order valence-electron chi connectivity index (χ3n) is 2.33. The molecule has 18 heavy (non-hydrogen) atoms. The third-order valence-corrected chi connectivity index (χ3v) is 4.50. The van der Waals surface area contributed by atoms with Crippen molar-refractivity contribution in [1.29, 1.82) is 5.26 Å². The van der Waals surface area contributed by atoms with Gasteiger partial charge in [0.1, 0.15) is 6.42 Å². The number of carbonyl (C=O) groups is 1. The molecule has 0 aliphatic rings. The number of amides is 1. The van der Waals surface area contributed by atoms with Crippen LogP contribution in [-0.4, -0.2) is 19.6 Å². The van der Waals surface area contributed by atoms with E-state index in [1.165, 1.54) is 24.3 Å². The molecular formula is C12H14N2O3S. The van der Waals surface area contributed by atoms with E-state index in [1.807, 2.05) is 0 Å². The minimum atomic E-state index is -3.30. The number of anilines is 1. The maximum atomic E-state index is 11.8. The van der Waals surface area contributed by atoms with E-state index in [0.717, 1.165) is 0 Å². The molecule has 5 nitrogen and oxygen atoms in total. The van der Waals surface area contributed by atoms with Crippen molar-refractivity contribution >= 4 is 21.4 Å². The largest absolute Gasteiger partial charge is 0.325 e. The molecule has 0 saturated carbocycles. The molecule has 0 aliphatic heterocycles. The number of carbonyl (C=O) groups excluding carboxylic acids is 1. The Kier molecular flexibility index (Phi) is 4.45. The molecule has 96 valence electrons. The van der Waals surface area contributed by atoms with Gasteiger partial charge in [-0.2, -0.15) is 5.26 Å². The van der Waals surface area contributed by atoms with Crippen LogP contribution in [0.2, 0.25) is 0 Å². The SMILES string of the molecule is CC(C)S(=O)(=O)c1ccc(NC(=O)CC#N)cc1. The van der Waals surface area contributed by atoms with Gasteiger partial charge < -0.3 is 5.32 Å². The normalized spacial score (nSPS) is 11.0. The number of nitrogens with zero attached hydrogens (tertiary/aromatic N) is 1. The zero-order valence-electron chi connectivity index (χ0n) is 10.2. The van der Waals surface area contributed by atoms with Gasteiger partial charge in [0.25, 0.3) is 0 Å². The quantitative estimate of drug-likeness (QED) is 0.898. The highest BCUT2D eigenvalue weighted by Crippen LogP contribution is 2.18. The molecule has 1 aromatic carbocycles. The van der Waals surface area contributed by atoms with Gasteiger partial charge in [-0.1, -0.05) is 0 Å². The molecule has 0 heterocycles. The number of benzene rings is 1. The molecule has 1 aromatic rings. The van der Waals surface area contributed by atoms with Crippen LogP contribution >= 0.6 is 0 Å². The van der Waals surface area contributed by atoms with E-state index in [0.29, 0.717) is 5.69 Å². The molecule has 6 heteroatoms. The third kappa shape index (κ3) is 3.31. The van der Waals surface area contributed by atoms with Crippen molar-refractivity contribution in [3.8, 4) is 6.07 Å². The first-order valence-electron chi connectivity index (χ1n) is 5.38. The minimum absolute atomic E-state index is 0.218. The second-order valence-corrected chi connectivity index (χ2v) is 6.51. The first-order valence-corrected chi connectivity index (χ1v) is 6.93. The summed E-state index contributed by atoms with van der Waals surface area (Å²) < 4.78 is 23.7. The van der Waals surface area contributed by atoms with E-state index in [-0.39, 0.29) is 11.3 Å². The van der Waals surface area contributed by atoms with Gasteiger partial charge >= 0.3 is 0 Å². The van der Waals surface area contributed by atoms with Gasteiger partial charge in [0.15, 0.2) is 9.84 Å². The number of sulfone groups is 1. The molecule has 0 aliphatic carbocycles. The first kappa shape index (κ1) is 14.2. The molecule has 0 spiro atoms. The van der Waals surface area contributed by atoms with Gasteiger partial charge in [0.2, 0.25) is 5.91 Å². The van der Waals surface area contributed by atoms with E-state index in [1.54, 1.807) is 19.9 Å². The standard InChI is InChI=1S/C12H14N2O3S/c1-9(2)18(16,17)11-5-3-10(4-6-11)14-12(15)7-8-13/h3-6,9H,7H2,1-2H3,(H,14,15). The molecule has 0 bridgehead atoms. The highest BCUT2D eigenvalue weighted by molar-refractivity contribution is 7.92. The zero-order valence-corrected chi connectivity index (χ0v) is 11.0. The van der Waals surface area contributed by atoms with Gasteiger partial charge in [0.05, 0.1) is 16.2 Å². The molecule has 1 rings (SSSR count). The predicted molar refractivity (Wildman–Crippen MR) is 67.6 cm³/mol. The topological polar surface area (TPSA) is 87.0 Å². The van der Waals surface area contributed by atoms with E-state index >= 15 is 0 Å². The first-order chi connectivity index (χ1) is 8.37. The average molecular weight is 266 g/mol. The van der Waals surface area contributed by atoms with Crippen LogP contribution in [0.25, 0.3) is 0 Å². The van der Waals surface area contributed by atoms with Crippen molar-refractivity contribution in [3.05, 3.63) is 24.3 Å². The Balaban J connectivity index is 2.88. The van der Waals surface area contributed by atoms with Crippen molar-refractivity contribution < 1.29 is 13.2 Å². The lowest BCUT2D eigenvalue weighted by Gasteiger charge is -2.08. The predicted octanol–water partition coefficient (Wildman–Crippen LogP) is 1.72. The summed E-state index contributed by atoms with van der Waals surface area (Å²) in [7, 11) is -3.30. The highest BCUT2D eigenvalue weighted by Gasteiger charge is 2.18. The summed E-state index contributed by atoms with van der Waals surface area (Å²) >= 11 is 0. The van der Waals surface area contributed by atoms with Crippen LogP contribution < -0.4 is 5.32 Å². The van der Waals surface area contributed by atoms with Crippen molar-refractivity contribution in [2.24, 2.45) is 0 Å². The van der Waals surface area contributed by atoms with E-state index in [9.17, 15) is 13.2 Å². The van der Waals surface area contributed by atoms with Gasteiger partial charge in [-0.05, 0) is 38.1 Å². The summed E-state index contributed by atoms with van der Waals surface area (Å²) in [6, 6.07) is 7.62. The fourth-order valence-corrected chi connectivity index (χ4v) is 2.34. The van der Waals surface area contributed by atoms with Crippen molar-refractivity contribution in [2.75, 3.05) is 5.32 Å². The van der Waals surface area contributed by atoms with Crippen LogP contribution in [0.3, 0.4) is 0 Å². The van der Waals surface area contributed by atoms with Gasteiger partial charge in [-0.3, -0.25) is 4.79 Å². The van der Waals surface area contributed by atoms with Crippen molar-refractivity contribution in [3.63, 3.8) is 0 Å². The Morgan fingerprint density at radius 1 is 1.33 bits per heavy atom. The molecule has 1 N–H and O–H groups in total. The second kappa shape index (κ2) is 5.65. The number of nitriles is 1. The molecule has 0 aromatic heterocycles. The number of nitrogens with one attached hydrogen (secondary N) is 1. The Morgan fingerprint density at radius 2 is 1.89 bits per heavy atom. The Bertz CT molecular complexity index is 568. The zero-order chi connectivity index (χ0) is 13.8. The van der Waals surface area contributed by atoms with Crippen LogP contribution in [0.15, 0.2) is 29.2 Å². The van der Waals surface area contributed by atoms with Crippen LogP contribution in [0.4, 0.5) is 5.69 Å². The van der Waals surface area contributed by atoms with E-state index < -0.39 is 21.0 Å². The van der Waals surface area contributed by atoms with Crippen LogP contribution in [0, 0.1) is 11.3 Å². The number of rotatable bonds is 4. The van der Waals surface area contributed by atoms with Crippen LogP contribution in [0.1, 0.15) is 20.3 Å². The molecular weight excluding hydrogens is 252 g/mol. The molecule has 1 amide bonds. The maximum absolute atomic E-state index is 11.8. The lowest BCUT2D eigenvalue weighted by atomic mass is 10.3. The summed E-state index contributed by atoms with van der Waals surface area (Å²) in [5.74, 6) is -0.419. The summed E-state index contributed by atoms with van der Waals surface area (Å²) in [5, 5.41) is 10.3. The monoisotopic (exact) mass is 266 g/mol. The Morgan fingerprint density at radius 3 is 2.33 bits per heavy atom. The van der Waals surface area contributed by atoms with Gasteiger partial charge in [-0.25, -0.2) is 8.42 Å². The summed E-state index contributed by atoms with van der Waals surface area (Å²) in [6.07, 6.45) is -0.230. The van der Waals surface area contributed by atoms with E-state index in [4.69, 9.17) is 5.26 Å². The highest BCUT2D eigenvalue weighted by atomic mass is 32.2. The van der Waals surface area contributed by atoms with Crippen LogP contribution in [-0.2, 0) is 14.6 Å². The molecule has 0 atom stereocenters. The van der Waals surface area contributed by atoms with Crippen molar-refractivity contribution in [2.45, 2.75) is 30.4 Å². The Hall–Kier alpha value is -1.87. The maximum Gasteiger partial charge on any atom is 0.238 e. The Labute approximate surface area is 106 Å². The molecule has 0 radical (unpaired) electrons. The fourth-order valence-electron chi connectivity index (χ4n) is 1.28. The van der Waals surface area contributed by atoms with Gasteiger partial charge in [-0.15, -0.1) is 0 Å². The lowest BCUT2D eigenvalue weighted by Crippen LogP contribution is -2.14. The smallest absolute Gasteiger partial charge is 0.238 e. The fraction of sp³-hybridized carbons (Fsp3) is 0.333.